The van der Waals surface area contributed by atoms with E-state index >= 15 is 0 Å². The van der Waals surface area contributed by atoms with E-state index < -0.39 is 42.9 Å². The zero-order valence-electron chi connectivity index (χ0n) is 26.1. The Kier molecular flexibility index (Phi) is 9.27. The molecule has 0 aliphatic carbocycles. The van der Waals surface area contributed by atoms with Crippen LogP contribution in [-0.4, -0.2) is 73.0 Å². The molecular weight excluding hydrogens is 616 g/mol. The third-order valence-corrected chi connectivity index (χ3v) is 10.7. The van der Waals surface area contributed by atoms with E-state index in [9.17, 15) is 26.4 Å². The maximum atomic E-state index is 13.6. The molecule has 4 rings (SSSR count). The van der Waals surface area contributed by atoms with Crippen molar-refractivity contribution in [2.45, 2.75) is 70.9 Å². The summed E-state index contributed by atoms with van der Waals surface area (Å²) in [5, 5.41) is 8.32. The van der Waals surface area contributed by atoms with Gasteiger partial charge in [0, 0.05) is 46.9 Å². The summed E-state index contributed by atoms with van der Waals surface area (Å²) in [5.41, 5.74) is -1.77. The standard InChI is InChI=1S/C28H39F3N7O4SSi/c1-17-13-37(19(3)21(17)15-44(7)8)25-20(26(39)35-43(40,41)22-14-36(6)33-18(22)2)9-10-23(32-25)38-12-11-24(34-38)42-16-27(4,5)28(29,30)31/h9-12,14,17,19,21H,13,15-16H2,1-8H3,(H,35,39)/t17-,19?,21?/m1/s1. The Bertz CT molecular complexity index is 1620. The van der Waals surface area contributed by atoms with E-state index in [1.54, 1.807) is 7.05 Å². The summed E-state index contributed by atoms with van der Waals surface area (Å²) in [6, 6.07) is 5.48. The maximum Gasteiger partial charge on any atom is 0.397 e. The molecule has 1 radical (unpaired) electrons. The highest BCUT2D eigenvalue weighted by Gasteiger charge is 2.48. The lowest BCUT2D eigenvalue weighted by Crippen LogP contribution is -2.37. The van der Waals surface area contributed by atoms with E-state index in [1.165, 1.54) is 46.9 Å². The Hall–Kier alpha value is -3.40. The van der Waals surface area contributed by atoms with Gasteiger partial charge in [0.2, 0.25) is 5.88 Å². The van der Waals surface area contributed by atoms with Gasteiger partial charge < -0.3 is 9.64 Å². The van der Waals surface area contributed by atoms with Gasteiger partial charge in [0.1, 0.15) is 17.3 Å². The molecule has 1 N–H and O–H groups in total. The fourth-order valence-corrected chi connectivity index (χ4v) is 8.20. The Labute approximate surface area is 257 Å². The second kappa shape index (κ2) is 12.2. The van der Waals surface area contributed by atoms with Crippen molar-refractivity contribution in [1.29, 1.82) is 0 Å². The van der Waals surface area contributed by atoms with Crippen molar-refractivity contribution in [2.24, 2.45) is 24.3 Å². The van der Waals surface area contributed by atoms with Crippen molar-refractivity contribution in [3.05, 3.63) is 41.9 Å². The van der Waals surface area contributed by atoms with Crippen LogP contribution < -0.4 is 14.4 Å². The minimum atomic E-state index is -4.45. The van der Waals surface area contributed by atoms with Crippen LogP contribution in [0.4, 0.5) is 19.0 Å². The molecule has 0 spiro atoms. The largest absolute Gasteiger partial charge is 0.476 e. The molecule has 44 heavy (non-hydrogen) atoms. The lowest BCUT2D eigenvalue weighted by Gasteiger charge is -2.28. The zero-order chi connectivity index (χ0) is 32.8. The van der Waals surface area contributed by atoms with Gasteiger partial charge in [-0.3, -0.25) is 9.48 Å². The molecule has 241 valence electrons. The first-order valence-electron chi connectivity index (χ1n) is 14.2. The van der Waals surface area contributed by atoms with E-state index in [2.05, 4.69) is 41.9 Å². The molecule has 1 fully saturated rings. The van der Waals surface area contributed by atoms with Crippen molar-refractivity contribution in [3.8, 4) is 11.7 Å². The number of alkyl halides is 3. The lowest BCUT2D eigenvalue weighted by molar-refractivity contribution is -0.219. The van der Waals surface area contributed by atoms with E-state index in [4.69, 9.17) is 9.72 Å². The minimum absolute atomic E-state index is 0.0116. The summed E-state index contributed by atoms with van der Waals surface area (Å²) in [6.45, 7) is 12.3. The number of halogens is 3. The highest BCUT2D eigenvalue weighted by Crippen LogP contribution is 2.39. The molecule has 1 saturated heterocycles. The molecule has 1 aliphatic heterocycles. The molecule has 2 unspecified atom stereocenters. The number of aryl methyl sites for hydroxylation is 2. The van der Waals surface area contributed by atoms with Crippen LogP contribution in [0.15, 0.2) is 35.5 Å². The third-order valence-electron chi connectivity index (χ3n) is 7.98. The van der Waals surface area contributed by atoms with Crippen molar-refractivity contribution >= 4 is 30.5 Å². The highest BCUT2D eigenvalue weighted by atomic mass is 32.2. The summed E-state index contributed by atoms with van der Waals surface area (Å²) in [7, 11) is -3.20. The molecule has 11 nitrogen and oxygen atoms in total. The van der Waals surface area contributed by atoms with E-state index in [0.29, 0.717) is 18.4 Å². The number of sulfonamides is 1. The molecule has 1 amide bonds. The van der Waals surface area contributed by atoms with Crippen LogP contribution in [0.3, 0.4) is 0 Å². The third kappa shape index (κ3) is 6.95. The van der Waals surface area contributed by atoms with Crippen molar-refractivity contribution in [3.63, 3.8) is 0 Å². The van der Waals surface area contributed by atoms with Gasteiger partial charge in [0.05, 0.1) is 16.7 Å². The van der Waals surface area contributed by atoms with Crippen LogP contribution in [0.25, 0.3) is 5.82 Å². The molecule has 0 aromatic carbocycles. The van der Waals surface area contributed by atoms with Gasteiger partial charge >= 0.3 is 6.18 Å². The van der Waals surface area contributed by atoms with Crippen molar-refractivity contribution < 1.29 is 31.1 Å². The SMILES string of the molecule is Cc1nn(C)cc1S(=O)(=O)NC(=O)c1ccc(-n2ccc(OCC(C)(C)C(F)(F)F)n2)nc1N1C[C@@H](C)C(C[Si](C)C)C1C. The second-order valence-electron chi connectivity index (χ2n) is 12.4. The normalized spacial score (nSPS) is 19.5. The van der Waals surface area contributed by atoms with Gasteiger partial charge in [0.15, 0.2) is 5.82 Å². The first-order valence-corrected chi connectivity index (χ1v) is 18.4. The van der Waals surface area contributed by atoms with Gasteiger partial charge in [-0.25, -0.2) is 22.8 Å². The highest BCUT2D eigenvalue weighted by molar-refractivity contribution is 7.90. The van der Waals surface area contributed by atoms with Gasteiger partial charge in [-0.2, -0.15) is 18.3 Å². The Morgan fingerprint density at radius 1 is 1.16 bits per heavy atom. The number of carbonyl (C=O) groups is 1. The molecule has 0 bridgehead atoms. The number of aromatic nitrogens is 5. The first-order chi connectivity index (χ1) is 20.3. The van der Waals surface area contributed by atoms with E-state index in [1.807, 2.05) is 4.90 Å². The average molecular weight is 655 g/mol. The molecule has 16 heteroatoms. The number of nitrogens with one attached hydrogen (secondary N) is 1. The molecule has 4 heterocycles. The van der Waals surface area contributed by atoms with Crippen molar-refractivity contribution in [2.75, 3.05) is 18.1 Å². The summed E-state index contributed by atoms with van der Waals surface area (Å²) >= 11 is 0. The number of hydrogen-bond acceptors (Lipinski definition) is 8. The first kappa shape index (κ1) is 33.5. The van der Waals surface area contributed by atoms with Crippen LogP contribution in [0.2, 0.25) is 19.1 Å². The molecule has 3 atom stereocenters. The van der Waals surface area contributed by atoms with Crippen LogP contribution in [-0.2, 0) is 17.1 Å². The van der Waals surface area contributed by atoms with Crippen LogP contribution in [0.1, 0.15) is 43.7 Å². The number of pyridine rings is 1. The maximum absolute atomic E-state index is 13.6. The Morgan fingerprint density at radius 2 is 1.84 bits per heavy atom. The summed E-state index contributed by atoms with van der Waals surface area (Å²) < 4.78 is 76.4. The summed E-state index contributed by atoms with van der Waals surface area (Å²) in [5.74, 6) is 0.358. The van der Waals surface area contributed by atoms with E-state index in [-0.39, 0.29) is 39.7 Å². The fraction of sp³-hybridized carbons (Fsp3) is 0.571. The number of anilines is 1. The summed E-state index contributed by atoms with van der Waals surface area (Å²) in [6.07, 6.45) is -1.63. The summed E-state index contributed by atoms with van der Waals surface area (Å²) in [4.78, 5) is 20.2. The number of nitrogens with zero attached hydrogens (tertiary/aromatic N) is 6. The van der Waals surface area contributed by atoms with Gasteiger partial charge in [-0.1, -0.05) is 26.1 Å². The number of carbonyl (C=O) groups excluding carboxylic acids is 1. The molecule has 3 aromatic heterocycles. The van der Waals surface area contributed by atoms with Crippen LogP contribution in [0.5, 0.6) is 5.88 Å². The lowest BCUT2D eigenvalue weighted by atomic mass is 9.94. The number of hydrogen-bond donors (Lipinski definition) is 1. The van der Waals surface area contributed by atoms with Crippen molar-refractivity contribution in [1.82, 2.24) is 29.3 Å². The number of ether oxygens (including phenoxy) is 1. The number of rotatable bonds is 10. The quantitative estimate of drug-likeness (QED) is 0.315. The average Bonchev–Trinajstić information content (AvgIpc) is 3.60. The molecule has 3 aromatic rings. The minimum Gasteiger partial charge on any atom is -0.476 e. The van der Waals surface area contributed by atoms with Gasteiger partial charge in [-0.05, 0) is 51.7 Å². The predicted octanol–water partition coefficient (Wildman–Crippen LogP) is 4.61. The number of amides is 1. The fourth-order valence-electron chi connectivity index (χ4n) is 5.32. The zero-order valence-corrected chi connectivity index (χ0v) is 27.9. The Balaban J connectivity index is 1.69. The predicted molar refractivity (Wildman–Crippen MR) is 161 cm³/mol. The second-order valence-corrected chi connectivity index (χ2v) is 16.9. The van der Waals surface area contributed by atoms with Gasteiger partial charge in [0.25, 0.3) is 15.9 Å². The Morgan fingerprint density at radius 3 is 2.43 bits per heavy atom. The topological polar surface area (TPSA) is 124 Å². The molecule has 0 saturated carbocycles. The molecule has 1 aliphatic rings. The van der Waals surface area contributed by atoms with Gasteiger partial charge in [-0.15, -0.1) is 5.10 Å². The monoisotopic (exact) mass is 654 g/mol. The smallest absolute Gasteiger partial charge is 0.397 e. The van der Waals surface area contributed by atoms with Crippen LogP contribution >= 0.6 is 0 Å². The van der Waals surface area contributed by atoms with Crippen LogP contribution in [0, 0.1) is 24.2 Å². The van der Waals surface area contributed by atoms with E-state index in [0.717, 1.165) is 19.9 Å². The molecular formula is C28H39F3N7O4SSi.